The van der Waals surface area contributed by atoms with Crippen LogP contribution in [0.25, 0.3) is 0 Å². The highest BCUT2D eigenvalue weighted by molar-refractivity contribution is 7.80. The molecule has 0 saturated heterocycles. The van der Waals surface area contributed by atoms with Crippen molar-refractivity contribution < 1.29 is 0 Å². The van der Waals surface area contributed by atoms with Gasteiger partial charge in [0, 0.05) is 30.9 Å². The third-order valence-electron chi connectivity index (χ3n) is 2.26. The molecule has 0 saturated carbocycles. The lowest BCUT2D eigenvalue weighted by molar-refractivity contribution is 0.245. The van der Waals surface area contributed by atoms with Crippen LogP contribution in [0.1, 0.15) is 25.1 Å². The van der Waals surface area contributed by atoms with Gasteiger partial charge in [0.05, 0.1) is 4.99 Å². The molecule has 90 valence electrons. The van der Waals surface area contributed by atoms with E-state index in [-0.39, 0.29) is 0 Å². The van der Waals surface area contributed by atoms with E-state index < -0.39 is 0 Å². The molecule has 0 aliphatic carbocycles. The van der Waals surface area contributed by atoms with E-state index in [1.165, 1.54) is 4.88 Å². The van der Waals surface area contributed by atoms with Gasteiger partial charge in [-0.15, -0.1) is 11.3 Å². The molecule has 0 amide bonds. The van der Waals surface area contributed by atoms with Gasteiger partial charge in [0.15, 0.2) is 0 Å². The number of nitrogens with two attached hydrogens (primary N) is 1. The van der Waals surface area contributed by atoms with Crippen LogP contribution in [-0.4, -0.2) is 23.0 Å². The Morgan fingerprint density at radius 1 is 1.56 bits per heavy atom. The van der Waals surface area contributed by atoms with Crippen LogP contribution in [-0.2, 0) is 6.54 Å². The molecule has 0 spiro atoms. The second-order valence-corrected chi connectivity index (χ2v) is 5.98. The first-order valence-corrected chi connectivity index (χ1v) is 6.89. The molecule has 0 unspecified atom stereocenters. The fourth-order valence-corrected chi connectivity index (χ4v) is 2.48. The smallest absolute Gasteiger partial charge is 0.0740 e. The summed E-state index contributed by atoms with van der Waals surface area (Å²) in [5.41, 5.74) is 5.55. The largest absolute Gasteiger partial charge is 0.393 e. The van der Waals surface area contributed by atoms with Crippen molar-refractivity contribution in [1.29, 1.82) is 0 Å². The van der Waals surface area contributed by atoms with Crippen LogP contribution >= 0.6 is 23.6 Å². The van der Waals surface area contributed by atoms with E-state index in [0.717, 1.165) is 26.1 Å². The van der Waals surface area contributed by atoms with Gasteiger partial charge in [-0.1, -0.05) is 32.1 Å². The molecule has 4 heteroatoms. The van der Waals surface area contributed by atoms with E-state index in [2.05, 4.69) is 36.3 Å². The summed E-state index contributed by atoms with van der Waals surface area (Å²) in [6.45, 7) is 7.55. The average Bonchev–Trinajstić information content (AvgIpc) is 2.66. The van der Waals surface area contributed by atoms with E-state index in [1.807, 2.05) is 0 Å². The second-order valence-electron chi connectivity index (χ2n) is 4.42. The molecule has 0 atom stereocenters. The van der Waals surface area contributed by atoms with E-state index in [9.17, 15) is 0 Å². The van der Waals surface area contributed by atoms with Gasteiger partial charge in [-0.25, -0.2) is 0 Å². The highest BCUT2D eigenvalue weighted by atomic mass is 32.1. The third kappa shape index (κ3) is 5.58. The molecule has 1 rings (SSSR count). The summed E-state index contributed by atoms with van der Waals surface area (Å²) in [7, 11) is 0. The monoisotopic (exact) mass is 256 g/mol. The van der Waals surface area contributed by atoms with Crippen molar-refractivity contribution in [3.8, 4) is 0 Å². The van der Waals surface area contributed by atoms with Crippen molar-refractivity contribution in [2.75, 3.05) is 13.1 Å². The number of rotatable bonds is 7. The SMILES string of the molecule is CC(C)CN(CCC(N)=S)Cc1cccs1. The normalized spacial score (nSPS) is 11.2. The van der Waals surface area contributed by atoms with Gasteiger partial charge in [-0.2, -0.15) is 0 Å². The van der Waals surface area contributed by atoms with Gasteiger partial charge in [-0.05, 0) is 17.4 Å². The average molecular weight is 256 g/mol. The Balaban J connectivity index is 2.46. The van der Waals surface area contributed by atoms with Gasteiger partial charge < -0.3 is 5.73 Å². The van der Waals surface area contributed by atoms with Crippen LogP contribution in [0.15, 0.2) is 17.5 Å². The summed E-state index contributed by atoms with van der Waals surface area (Å²) >= 11 is 6.74. The number of thiophene rings is 1. The van der Waals surface area contributed by atoms with Crippen molar-refractivity contribution >= 4 is 28.5 Å². The molecule has 0 aliphatic rings. The number of hydrogen-bond acceptors (Lipinski definition) is 3. The van der Waals surface area contributed by atoms with E-state index in [1.54, 1.807) is 11.3 Å². The molecule has 2 N–H and O–H groups in total. The Labute approximate surface area is 107 Å². The lowest BCUT2D eigenvalue weighted by Gasteiger charge is -2.23. The Morgan fingerprint density at radius 3 is 2.81 bits per heavy atom. The first-order chi connectivity index (χ1) is 7.58. The molecule has 0 radical (unpaired) electrons. The van der Waals surface area contributed by atoms with Crippen molar-refractivity contribution in [3.05, 3.63) is 22.4 Å². The quantitative estimate of drug-likeness (QED) is 0.761. The summed E-state index contributed by atoms with van der Waals surface area (Å²) in [4.78, 5) is 4.44. The summed E-state index contributed by atoms with van der Waals surface area (Å²) < 4.78 is 0. The zero-order valence-electron chi connectivity index (χ0n) is 9.98. The van der Waals surface area contributed by atoms with Crippen molar-refractivity contribution in [2.24, 2.45) is 11.7 Å². The second kappa shape index (κ2) is 6.99. The van der Waals surface area contributed by atoms with Gasteiger partial charge in [0.2, 0.25) is 0 Å². The summed E-state index contributed by atoms with van der Waals surface area (Å²) in [5.74, 6) is 0.673. The van der Waals surface area contributed by atoms with Crippen LogP contribution in [0.2, 0.25) is 0 Å². The molecular weight excluding hydrogens is 236 g/mol. The Bertz CT molecular complexity index is 307. The fourth-order valence-electron chi connectivity index (χ4n) is 1.64. The highest BCUT2D eigenvalue weighted by Crippen LogP contribution is 2.13. The summed E-state index contributed by atoms with van der Waals surface area (Å²) in [6.07, 6.45) is 0.813. The van der Waals surface area contributed by atoms with Gasteiger partial charge in [0.1, 0.15) is 0 Å². The van der Waals surface area contributed by atoms with Gasteiger partial charge >= 0.3 is 0 Å². The minimum absolute atomic E-state index is 0.611. The Morgan fingerprint density at radius 2 is 2.31 bits per heavy atom. The lowest BCUT2D eigenvalue weighted by Crippen LogP contribution is -2.30. The molecule has 0 aromatic carbocycles. The summed E-state index contributed by atoms with van der Waals surface area (Å²) in [6, 6.07) is 4.28. The molecule has 16 heavy (non-hydrogen) atoms. The van der Waals surface area contributed by atoms with Gasteiger partial charge in [0.25, 0.3) is 0 Å². The number of nitrogens with zero attached hydrogens (tertiary/aromatic N) is 1. The van der Waals surface area contributed by atoms with Gasteiger partial charge in [-0.3, -0.25) is 4.90 Å². The van der Waals surface area contributed by atoms with E-state index >= 15 is 0 Å². The van der Waals surface area contributed by atoms with Crippen LogP contribution in [0, 0.1) is 5.92 Å². The number of hydrogen-bond donors (Lipinski definition) is 1. The summed E-state index contributed by atoms with van der Waals surface area (Å²) in [5, 5.41) is 2.12. The predicted molar refractivity (Wildman–Crippen MR) is 75.8 cm³/mol. The zero-order valence-corrected chi connectivity index (χ0v) is 11.6. The van der Waals surface area contributed by atoms with Crippen LogP contribution in [0.5, 0.6) is 0 Å². The van der Waals surface area contributed by atoms with E-state index in [0.29, 0.717) is 10.9 Å². The minimum Gasteiger partial charge on any atom is -0.393 e. The van der Waals surface area contributed by atoms with Crippen molar-refractivity contribution in [3.63, 3.8) is 0 Å². The van der Waals surface area contributed by atoms with Crippen molar-refractivity contribution in [2.45, 2.75) is 26.8 Å². The van der Waals surface area contributed by atoms with Crippen LogP contribution < -0.4 is 5.73 Å². The van der Waals surface area contributed by atoms with Crippen molar-refractivity contribution in [1.82, 2.24) is 4.90 Å². The maximum Gasteiger partial charge on any atom is 0.0740 e. The fraction of sp³-hybridized carbons (Fsp3) is 0.583. The highest BCUT2D eigenvalue weighted by Gasteiger charge is 2.09. The lowest BCUT2D eigenvalue weighted by atomic mass is 10.2. The first-order valence-electron chi connectivity index (χ1n) is 5.61. The predicted octanol–water partition coefficient (Wildman–Crippen LogP) is 2.88. The molecule has 1 aromatic rings. The molecular formula is C12H20N2S2. The topological polar surface area (TPSA) is 29.3 Å². The Kier molecular flexibility index (Phi) is 5.95. The van der Waals surface area contributed by atoms with Crippen LogP contribution in [0.4, 0.5) is 0 Å². The van der Waals surface area contributed by atoms with E-state index in [4.69, 9.17) is 18.0 Å². The zero-order chi connectivity index (χ0) is 12.0. The third-order valence-corrected chi connectivity index (χ3v) is 3.32. The minimum atomic E-state index is 0.611. The maximum atomic E-state index is 5.55. The molecule has 0 aliphatic heterocycles. The molecule has 0 fully saturated rings. The standard InChI is InChI=1S/C12H20N2S2/c1-10(2)8-14(6-5-12(13)15)9-11-4-3-7-16-11/h3-4,7,10H,5-6,8-9H2,1-2H3,(H2,13,15). The maximum absolute atomic E-state index is 5.55. The van der Waals surface area contributed by atoms with Crippen LogP contribution in [0.3, 0.4) is 0 Å². The first kappa shape index (κ1) is 13.6. The molecule has 0 bridgehead atoms. The molecule has 2 nitrogen and oxygen atoms in total. The number of thiocarbonyl (C=S) groups is 1. The molecule has 1 aromatic heterocycles. The Hall–Kier alpha value is -0.450. The molecule has 1 heterocycles.